The predicted octanol–water partition coefficient (Wildman–Crippen LogP) is 0.405. The lowest BCUT2D eigenvalue weighted by atomic mass is 10.0. The molecule has 2 bridgehead atoms. The smallest absolute Gasteiger partial charge is 0.326 e. The second-order valence-corrected chi connectivity index (χ2v) is 10.4. The standard InChI is InChI=1S/C21H30N4O6S2/c1-4-14-19(28)22-10-17(27)31-13-7-5-6-8-32-33-11-15(20(29)23-14)24-21(30)18(12(2)3)25-16(26)9-13/h4-5,7,12-13,15,18H,6,8-11H2,1-3H3,(H,22,28)(H,23,29)(H,24,30)(H,25,26)/b7-5+,14-4-/t13?,15-,18-/m1/s1. The van der Waals surface area contributed by atoms with Gasteiger partial charge in [0.15, 0.2) is 0 Å². The third-order valence-electron chi connectivity index (χ3n) is 4.79. The normalized spacial score (nSPS) is 28.8. The van der Waals surface area contributed by atoms with Gasteiger partial charge in [-0.05, 0) is 25.3 Å². The molecule has 1 fully saturated rings. The molecule has 1 unspecified atom stereocenters. The van der Waals surface area contributed by atoms with Crippen LogP contribution in [0.4, 0.5) is 0 Å². The third kappa shape index (κ3) is 8.77. The largest absolute Gasteiger partial charge is 0.456 e. The maximum absolute atomic E-state index is 13.0. The Hall–Kier alpha value is -2.47. The fraction of sp³-hybridized carbons (Fsp3) is 0.571. The summed E-state index contributed by atoms with van der Waals surface area (Å²) in [5, 5.41) is 10.3. The quantitative estimate of drug-likeness (QED) is 0.176. The molecule has 2 rings (SSSR count). The number of amides is 4. The first-order valence-electron chi connectivity index (χ1n) is 10.7. The molecule has 1 saturated heterocycles. The van der Waals surface area contributed by atoms with Gasteiger partial charge in [-0.1, -0.05) is 47.6 Å². The Morgan fingerprint density at radius 1 is 1.09 bits per heavy atom. The summed E-state index contributed by atoms with van der Waals surface area (Å²) in [6, 6.07) is -1.84. The summed E-state index contributed by atoms with van der Waals surface area (Å²) < 4.78 is 5.38. The van der Waals surface area contributed by atoms with Crippen LogP contribution in [0, 0.1) is 5.92 Å². The maximum Gasteiger partial charge on any atom is 0.326 e. The summed E-state index contributed by atoms with van der Waals surface area (Å²) in [6.07, 6.45) is 4.48. The highest BCUT2D eigenvalue weighted by molar-refractivity contribution is 8.76. The first-order valence-corrected chi connectivity index (χ1v) is 13.2. The zero-order valence-corrected chi connectivity index (χ0v) is 20.5. The number of nitrogens with one attached hydrogen (secondary N) is 4. The van der Waals surface area contributed by atoms with E-state index in [0.29, 0.717) is 12.2 Å². The number of esters is 1. The van der Waals surface area contributed by atoms with Crippen LogP contribution in [0.1, 0.15) is 33.6 Å². The van der Waals surface area contributed by atoms with Gasteiger partial charge in [-0.25, -0.2) is 0 Å². The number of carbonyl (C=O) groups excluding carboxylic acids is 5. The Bertz CT molecular complexity index is 830. The van der Waals surface area contributed by atoms with E-state index in [2.05, 4.69) is 21.3 Å². The van der Waals surface area contributed by atoms with Gasteiger partial charge in [0.25, 0.3) is 5.91 Å². The molecule has 3 atom stereocenters. The molecule has 182 valence electrons. The van der Waals surface area contributed by atoms with Crippen molar-refractivity contribution in [2.24, 2.45) is 5.92 Å². The Morgan fingerprint density at radius 3 is 2.55 bits per heavy atom. The zero-order chi connectivity index (χ0) is 24.4. The summed E-state index contributed by atoms with van der Waals surface area (Å²) in [6.45, 7) is 4.68. The van der Waals surface area contributed by atoms with Crippen molar-refractivity contribution in [3.8, 4) is 0 Å². The molecular weight excluding hydrogens is 468 g/mol. The first-order chi connectivity index (χ1) is 15.7. The lowest BCUT2D eigenvalue weighted by molar-refractivity contribution is -0.148. The lowest BCUT2D eigenvalue weighted by Crippen LogP contribution is -2.56. The van der Waals surface area contributed by atoms with Gasteiger partial charge in [-0.2, -0.15) is 0 Å². The van der Waals surface area contributed by atoms with Crippen LogP contribution in [0.25, 0.3) is 0 Å². The van der Waals surface area contributed by atoms with Crippen molar-refractivity contribution >= 4 is 51.2 Å². The number of fused-ring (bicyclic) bond motifs is 7. The Labute approximate surface area is 200 Å². The predicted molar refractivity (Wildman–Crippen MR) is 127 cm³/mol. The summed E-state index contributed by atoms with van der Waals surface area (Å²) in [7, 11) is 2.94. The summed E-state index contributed by atoms with van der Waals surface area (Å²) >= 11 is 0. The van der Waals surface area contributed by atoms with Crippen molar-refractivity contribution in [2.45, 2.75) is 51.8 Å². The number of ether oxygens (including phenoxy) is 1. The molecule has 4 amide bonds. The highest BCUT2D eigenvalue weighted by atomic mass is 33.1. The molecule has 4 N–H and O–H groups in total. The van der Waals surface area contributed by atoms with Crippen LogP contribution in [0.3, 0.4) is 0 Å². The van der Waals surface area contributed by atoms with Gasteiger partial charge in [-0.3, -0.25) is 24.0 Å². The second kappa shape index (κ2) is 13.3. The topological polar surface area (TPSA) is 143 Å². The first kappa shape index (κ1) is 26.8. The van der Waals surface area contributed by atoms with E-state index >= 15 is 0 Å². The molecule has 0 spiro atoms. The van der Waals surface area contributed by atoms with E-state index in [1.165, 1.54) is 27.7 Å². The van der Waals surface area contributed by atoms with Crippen molar-refractivity contribution in [3.05, 3.63) is 23.9 Å². The van der Waals surface area contributed by atoms with Gasteiger partial charge in [0.1, 0.15) is 30.4 Å². The molecule has 33 heavy (non-hydrogen) atoms. The van der Waals surface area contributed by atoms with Crippen molar-refractivity contribution in [1.29, 1.82) is 0 Å². The molecule has 0 aliphatic carbocycles. The van der Waals surface area contributed by atoms with E-state index < -0.39 is 54.3 Å². The van der Waals surface area contributed by atoms with E-state index in [-0.39, 0.29) is 23.8 Å². The molecule has 10 nitrogen and oxygen atoms in total. The fourth-order valence-electron chi connectivity index (χ4n) is 3.02. The highest BCUT2D eigenvalue weighted by Crippen LogP contribution is 2.23. The van der Waals surface area contributed by atoms with E-state index in [1.54, 1.807) is 26.8 Å². The van der Waals surface area contributed by atoms with Crippen LogP contribution in [-0.4, -0.2) is 65.8 Å². The fourth-order valence-corrected chi connectivity index (χ4v) is 5.18. The number of hydrogen-bond acceptors (Lipinski definition) is 8. The Kier molecular flexibility index (Phi) is 10.8. The van der Waals surface area contributed by atoms with E-state index in [9.17, 15) is 24.0 Å². The molecule has 12 heteroatoms. The van der Waals surface area contributed by atoms with E-state index in [4.69, 9.17) is 4.74 Å². The van der Waals surface area contributed by atoms with Crippen LogP contribution in [0.5, 0.6) is 0 Å². The molecule has 0 radical (unpaired) electrons. The summed E-state index contributed by atoms with van der Waals surface area (Å²) in [5.74, 6) is -2.25. The maximum atomic E-state index is 13.0. The molecular formula is C21H30N4O6S2. The van der Waals surface area contributed by atoms with Gasteiger partial charge in [0.05, 0.1) is 6.42 Å². The molecule has 0 aromatic carbocycles. The monoisotopic (exact) mass is 498 g/mol. The van der Waals surface area contributed by atoms with Crippen LogP contribution in [0.15, 0.2) is 23.9 Å². The minimum Gasteiger partial charge on any atom is -0.456 e. The van der Waals surface area contributed by atoms with E-state index in [0.717, 1.165) is 0 Å². The molecule has 0 saturated carbocycles. The van der Waals surface area contributed by atoms with Gasteiger partial charge in [0.2, 0.25) is 17.7 Å². The van der Waals surface area contributed by atoms with Crippen LogP contribution < -0.4 is 21.3 Å². The molecule has 2 aliphatic rings. The highest BCUT2D eigenvalue weighted by Gasteiger charge is 2.31. The average Bonchev–Trinajstić information content (AvgIpc) is 2.76. The minimum absolute atomic E-state index is 0.0497. The van der Waals surface area contributed by atoms with Crippen molar-refractivity contribution in [1.82, 2.24) is 21.3 Å². The van der Waals surface area contributed by atoms with E-state index in [1.807, 2.05) is 6.08 Å². The van der Waals surface area contributed by atoms with Gasteiger partial charge in [-0.15, -0.1) is 0 Å². The molecule has 0 aromatic heterocycles. The number of hydrogen-bond donors (Lipinski definition) is 4. The van der Waals surface area contributed by atoms with Gasteiger partial charge >= 0.3 is 5.97 Å². The number of rotatable bonds is 1. The minimum atomic E-state index is -0.942. The van der Waals surface area contributed by atoms with Gasteiger partial charge < -0.3 is 26.0 Å². The van der Waals surface area contributed by atoms with Crippen molar-refractivity contribution in [2.75, 3.05) is 18.1 Å². The van der Waals surface area contributed by atoms with Crippen molar-refractivity contribution < 1.29 is 28.7 Å². The molecule has 2 heterocycles. The van der Waals surface area contributed by atoms with Crippen LogP contribution in [-0.2, 0) is 28.7 Å². The Balaban J connectivity index is 2.45. The Morgan fingerprint density at radius 2 is 1.85 bits per heavy atom. The van der Waals surface area contributed by atoms with Crippen LogP contribution >= 0.6 is 21.6 Å². The number of allylic oxidation sites excluding steroid dienone is 2. The summed E-state index contributed by atoms with van der Waals surface area (Å²) in [4.78, 5) is 63.3. The molecule has 2 aliphatic heterocycles. The van der Waals surface area contributed by atoms with Crippen molar-refractivity contribution in [3.63, 3.8) is 0 Å². The van der Waals surface area contributed by atoms with Gasteiger partial charge in [0, 0.05) is 11.5 Å². The second-order valence-electron chi connectivity index (χ2n) is 7.78. The number of carbonyl (C=O) groups is 5. The summed E-state index contributed by atoms with van der Waals surface area (Å²) in [5.41, 5.74) is -0.0497. The third-order valence-corrected chi connectivity index (χ3v) is 7.24. The molecule has 0 aromatic rings. The lowest BCUT2D eigenvalue weighted by Gasteiger charge is -2.26. The average molecular weight is 499 g/mol. The van der Waals surface area contributed by atoms with Crippen LogP contribution in [0.2, 0.25) is 0 Å². The SMILES string of the molecule is C/C=C1\NC(=O)[C@H]2CSSCC/C=C/C(CC(=O)N[C@H](C(C)C)C(=O)N2)OC(=O)CNC1=O. The zero-order valence-electron chi connectivity index (χ0n) is 18.8.